The van der Waals surface area contributed by atoms with E-state index in [1.807, 2.05) is 0 Å². The molecule has 1 aromatic rings. The van der Waals surface area contributed by atoms with E-state index in [2.05, 4.69) is 48.3 Å². The molecule has 2 heteroatoms. The van der Waals surface area contributed by atoms with E-state index in [4.69, 9.17) is 0 Å². The average molecular weight is 244 g/mol. The predicted octanol–water partition coefficient (Wildman–Crippen LogP) is 2.75. The minimum Gasteiger partial charge on any atom is -0.311 e. The van der Waals surface area contributed by atoms with Gasteiger partial charge in [0.15, 0.2) is 0 Å². The molecule has 1 aliphatic carbocycles. The van der Waals surface area contributed by atoms with Crippen LogP contribution in [0.5, 0.6) is 0 Å². The molecule has 1 heterocycles. The van der Waals surface area contributed by atoms with Gasteiger partial charge in [-0.2, -0.15) is 0 Å². The highest BCUT2D eigenvalue weighted by Gasteiger charge is 2.31. The van der Waals surface area contributed by atoms with Gasteiger partial charge in [-0.25, -0.2) is 0 Å². The molecule has 1 fully saturated rings. The van der Waals surface area contributed by atoms with Gasteiger partial charge in [0.25, 0.3) is 0 Å². The summed E-state index contributed by atoms with van der Waals surface area (Å²) in [6, 6.07) is 11.0. The van der Waals surface area contributed by atoms with Crippen LogP contribution in [0.3, 0.4) is 0 Å². The molecule has 0 spiro atoms. The Bertz CT molecular complexity index is 415. The summed E-state index contributed by atoms with van der Waals surface area (Å²) in [6.45, 7) is 6.96. The molecule has 1 N–H and O–H groups in total. The summed E-state index contributed by atoms with van der Waals surface area (Å²) in [5.74, 6) is 0. The molecule has 1 saturated heterocycles. The number of rotatable bonds is 1. The van der Waals surface area contributed by atoms with Crippen LogP contribution in [0.15, 0.2) is 24.3 Å². The van der Waals surface area contributed by atoms with Crippen LogP contribution >= 0.6 is 0 Å². The SMILES string of the molecule is CC1CN(C2CCCc3ccccc32)C(C)CN1. The van der Waals surface area contributed by atoms with Crippen molar-refractivity contribution in [1.29, 1.82) is 0 Å². The lowest BCUT2D eigenvalue weighted by Crippen LogP contribution is -2.55. The third kappa shape index (κ3) is 2.19. The number of nitrogens with one attached hydrogen (secondary N) is 1. The zero-order valence-corrected chi connectivity index (χ0v) is 11.5. The number of fused-ring (bicyclic) bond motifs is 1. The van der Waals surface area contributed by atoms with Gasteiger partial charge in [0.2, 0.25) is 0 Å². The fourth-order valence-electron chi connectivity index (χ4n) is 3.56. The van der Waals surface area contributed by atoms with Crippen molar-refractivity contribution in [3.63, 3.8) is 0 Å². The second-order valence-electron chi connectivity index (χ2n) is 5.96. The molecule has 3 atom stereocenters. The van der Waals surface area contributed by atoms with Crippen LogP contribution < -0.4 is 5.32 Å². The molecular weight excluding hydrogens is 220 g/mol. The average Bonchev–Trinajstić information content (AvgIpc) is 2.41. The highest BCUT2D eigenvalue weighted by atomic mass is 15.2. The van der Waals surface area contributed by atoms with E-state index in [0.29, 0.717) is 18.1 Å². The molecule has 2 aliphatic rings. The number of piperazine rings is 1. The summed E-state index contributed by atoms with van der Waals surface area (Å²) in [6.07, 6.45) is 3.93. The fourth-order valence-corrected chi connectivity index (χ4v) is 3.56. The molecule has 2 nitrogen and oxygen atoms in total. The molecule has 98 valence electrons. The maximum absolute atomic E-state index is 3.58. The second kappa shape index (κ2) is 5.02. The molecule has 3 unspecified atom stereocenters. The lowest BCUT2D eigenvalue weighted by Gasteiger charge is -2.44. The number of hydrogen-bond donors (Lipinski definition) is 1. The van der Waals surface area contributed by atoms with Crippen LogP contribution in [-0.2, 0) is 6.42 Å². The standard InChI is InChI=1S/C16H24N2/c1-12-11-18(13(2)10-17-12)16-9-5-7-14-6-3-4-8-15(14)16/h3-4,6,8,12-13,16-17H,5,7,9-11H2,1-2H3. The van der Waals surface area contributed by atoms with Gasteiger partial charge in [-0.3, -0.25) is 4.90 Å². The summed E-state index contributed by atoms with van der Waals surface area (Å²) in [5, 5.41) is 3.58. The summed E-state index contributed by atoms with van der Waals surface area (Å²) >= 11 is 0. The van der Waals surface area contributed by atoms with Crippen molar-refractivity contribution in [3.8, 4) is 0 Å². The molecule has 0 saturated carbocycles. The Morgan fingerprint density at radius 2 is 2.06 bits per heavy atom. The van der Waals surface area contributed by atoms with Crippen LogP contribution in [0.1, 0.15) is 43.9 Å². The van der Waals surface area contributed by atoms with Gasteiger partial charge >= 0.3 is 0 Å². The minimum atomic E-state index is 0.621. The van der Waals surface area contributed by atoms with Crippen molar-refractivity contribution in [3.05, 3.63) is 35.4 Å². The monoisotopic (exact) mass is 244 g/mol. The van der Waals surface area contributed by atoms with Crippen molar-refractivity contribution in [1.82, 2.24) is 10.2 Å². The van der Waals surface area contributed by atoms with E-state index in [0.717, 1.165) is 6.54 Å². The Balaban J connectivity index is 1.88. The summed E-state index contributed by atoms with van der Waals surface area (Å²) in [5.41, 5.74) is 3.16. The van der Waals surface area contributed by atoms with Crippen molar-refractivity contribution in [2.75, 3.05) is 13.1 Å². The number of hydrogen-bond acceptors (Lipinski definition) is 2. The van der Waals surface area contributed by atoms with E-state index in [-0.39, 0.29) is 0 Å². The zero-order chi connectivity index (χ0) is 12.5. The first-order valence-corrected chi connectivity index (χ1v) is 7.32. The topological polar surface area (TPSA) is 15.3 Å². The van der Waals surface area contributed by atoms with Gasteiger partial charge in [-0.1, -0.05) is 24.3 Å². The highest BCUT2D eigenvalue weighted by Crippen LogP contribution is 2.35. The number of nitrogens with zero attached hydrogens (tertiary/aromatic N) is 1. The Kier molecular flexibility index (Phi) is 3.40. The van der Waals surface area contributed by atoms with E-state index >= 15 is 0 Å². The van der Waals surface area contributed by atoms with Crippen molar-refractivity contribution in [2.45, 2.75) is 51.2 Å². The zero-order valence-electron chi connectivity index (χ0n) is 11.5. The molecular formula is C16H24N2. The Morgan fingerprint density at radius 3 is 2.94 bits per heavy atom. The highest BCUT2D eigenvalue weighted by molar-refractivity contribution is 5.32. The number of aryl methyl sites for hydroxylation is 1. The molecule has 0 aromatic heterocycles. The van der Waals surface area contributed by atoms with Gasteiger partial charge in [0.05, 0.1) is 0 Å². The summed E-state index contributed by atoms with van der Waals surface area (Å²) in [4.78, 5) is 2.72. The van der Waals surface area contributed by atoms with E-state index < -0.39 is 0 Å². The minimum absolute atomic E-state index is 0.621. The van der Waals surface area contributed by atoms with E-state index in [1.165, 1.54) is 25.8 Å². The van der Waals surface area contributed by atoms with Crippen LogP contribution in [0.25, 0.3) is 0 Å². The fraction of sp³-hybridized carbons (Fsp3) is 0.625. The van der Waals surface area contributed by atoms with Gasteiger partial charge in [-0.15, -0.1) is 0 Å². The molecule has 0 bridgehead atoms. The van der Waals surface area contributed by atoms with Crippen LogP contribution in [0.4, 0.5) is 0 Å². The normalized spacial score (nSPS) is 33.1. The van der Waals surface area contributed by atoms with E-state index in [9.17, 15) is 0 Å². The second-order valence-corrected chi connectivity index (χ2v) is 5.96. The lowest BCUT2D eigenvalue weighted by molar-refractivity contribution is 0.0848. The van der Waals surface area contributed by atoms with Gasteiger partial charge in [-0.05, 0) is 44.2 Å². The first-order valence-electron chi connectivity index (χ1n) is 7.32. The third-order valence-electron chi connectivity index (χ3n) is 4.55. The first kappa shape index (κ1) is 12.2. The predicted molar refractivity (Wildman–Crippen MR) is 75.8 cm³/mol. The van der Waals surface area contributed by atoms with E-state index in [1.54, 1.807) is 11.1 Å². The Morgan fingerprint density at radius 1 is 1.22 bits per heavy atom. The van der Waals surface area contributed by atoms with Crippen LogP contribution in [0.2, 0.25) is 0 Å². The summed E-state index contributed by atoms with van der Waals surface area (Å²) in [7, 11) is 0. The summed E-state index contributed by atoms with van der Waals surface area (Å²) < 4.78 is 0. The molecule has 1 aromatic carbocycles. The maximum atomic E-state index is 3.58. The van der Waals surface area contributed by atoms with Crippen molar-refractivity contribution in [2.24, 2.45) is 0 Å². The third-order valence-corrected chi connectivity index (χ3v) is 4.55. The largest absolute Gasteiger partial charge is 0.311 e. The van der Waals surface area contributed by atoms with Crippen LogP contribution in [-0.4, -0.2) is 30.1 Å². The van der Waals surface area contributed by atoms with Crippen LogP contribution in [0, 0.1) is 0 Å². The Labute approximate surface area is 110 Å². The number of benzene rings is 1. The van der Waals surface area contributed by atoms with Crippen molar-refractivity contribution < 1.29 is 0 Å². The molecule has 0 amide bonds. The van der Waals surface area contributed by atoms with Gasteiger partial charge < -0.3 is 5.32 Å². The van der Waals surface area contributed by atoms with Gasteiger partial charge in [0, 0.05) is 31.2 Å². The maximum Gasteiger partial charge on any atom is 0.0354 e. The molecule has 3 rings (SSSR count). The molecule has 1 aliphatic heterocycles. The lowest BCUT2D eigenvalue weighted by atomic mass is 9.85. The Hall–Kier alpha value is -0.860. The quantitative estimate of drug-likeness (QED) is 0.817. The van der Waals surface area contributed by atoms with Crippen molar-refractivity contribution >= 4 is 0 Å². The molecule has 0 radical (unpaired) electrons. The first-order chi connectivity index (χ1) is 8.75. The molecule has 18 heavy (non-hydrogen) atoms. The van der Waals surface area contributed by atoms with Gasteiger partial charge in [0.1, 0.15) is 0 Å². The smallest absolute Gasteiger partial charge is 0.0354 e.